The van der Waals surface area contributed by atoms with Gasteiger partial charge in [0.05, 0.1) is 6.20 Å². The lowest BCUT2D eigenvalue weighted by molar-refractivity contribution is 0.128. The minimum absolute atomic E-state index is 0.0149. The molecule has 2 aromatic rings. The topological polar surface area (TPSA) is 45.1 Å². The zero-order chi connectivity index (χ0) is 16.9. The number of halogens is 1. The largest absolute Gasteiger partial charge is 0.396 e. The second-order valence-electron chi connectivity index (χ2n) is 6.68. The Kier molecular flexibility index (Phi) is 5.85. The van der Waals surface area contributed by atoms with Crippen LogP contribution in [0.4, 0.5) is 4.39 Å². The van der Waals surface area contributed by atoms with Crippen molar-refractivity contribution in [2.75, 3.05) is 13.2 Å². The van der Waals surface area contributed by atoms with Gasteiger partial charge in [0, 0.05) is 31.3 Å². The standard InChI is InChI=1S/C19H25FN2O/c1-14(16-9-17(20)11-21-10-16)22-12-18(19(2,3)13-23)15-7-5-4-6-8-15/h4-11,14,18,22-23H,12-13H2,1-3H3. The molecule has 2 atom stereocenters. The summed E-state index contributed by atoms with van der Waals surface area (Å²) in [4.78, 5) is 3.90. The molecular formula is C19H25FN2O. The van der Waals surface area contributed by atoms with Gasteiger partial charge in [-0.25, -0.2) is 4.39 Å². The molecule has 0 saturated heterocycles. The van der Waals surface area contributed by atoms with Crippen LogP contribution in [-0.4, -0.2) is 23.2 Å². The molecule has 1 aromatic heterocycles. The summed E-state index contributed by atoms with van der Waals surface area (Å²) in [6, 6.07) is 11.7. The van der Waals surface area contributed by atoms with E-state index >= 15 is 0 Å². The van der Waals surface area contributed by atoms with E-state index in [1.807, 2.05) is 25.1 Å². The van der Waals surface area contributed by atoms with Crippen LogP contribution in [0.25, 0.3) is 0 Å². The summed E-state index contributed by atoms with van der Waals surface area (Å²) in [7, 11) is 0. The molecule has 1 heterocycles. The highest BCUT2D eigenvalue weighted by Crippen LogP contribution is 2.35. The fourth-order valence-corrected chi connectivity index (χ4v) is 2.72. The maximum atomic E-state index is 13.3. The van der Waals surface area contributed by atoms with Gasteiger partial charge in [-0.1, -0.05) is 44.2 Å². The summed E-state index contributed by atoms with van der Waals surface area (Å²) in [5.41, 5.74) is 1.75. The quantitative estimate of drug-likeness (QED) is 0.819. The van der Waals surface area contributed by atoms with Crippen molar-refractivity contribution in [2.24, 2.45) is 5.41 Å². The van der Waals surface area contributed by atoms with Crippen molar-refractivity contribution in [2.45, 2.75) is 32.7 Å². The molecule has 0 aliphatic carbocycles. The third kappa shape index (κ3) is 4.60. The highest BCUT2D eigenvalue weighted by molar-refractivity contribution is 5.23. The molecule has 1 aromatic carbocycles. The fraction of sp³-hybridized carbons (Fsp3) is 0.421. The van der Waals surface area contributed by atoms with Gasteiger partial charge in [-0.2, -0.15) is 0 Å². The molecule has 2 N–H and O–H groups in total. The van der Waals surface area contributed by atoms with Gasteiger partial charge in [-0.3, -0.25) is 4.98 Å². The van der Waals surface area contributed by atoms with Crippen LogP contribution in [0, 0.1) is 11.2 Å². The Bertz CT molecular complexity index is 616. The number of nitrogens with zero attached hydrogens (tertiary/aromatic N) is 1. The molecule has 0 spiro atoms. The Morgan fingerprint density at radius 1 is 1.17 bits per heavy atom. The van der Waals surface area contributed by atoms with Gasteiger partial charge in [-0.05, 0) is 29.5 Å². The highest BCUT2D eigenvalue weighted by Gasteiger charge is 2.30. The zero-order valence-electron chi connectivity index (χ0n) is 14.0. The average molecular weight is 316 g/mol. The molecule has 4 heteroatoms. The van der Waals surface area contributed by atoms with Crippen molar-refractivity contribution in [3.63, 3.8) is 0 Å². The molecule has 2 unspecified atom stereocenters. The van der Waals surface area contributed by atoms with E-state index < -0.39 is 0 Å². The van der Waals surface area contributed by atoms with E-state index in [2.05, 4.69) is 36.3 Å². The minimum Gasteiger partial charge on any atom is -0.396 e. The van der Waals surface area contributed by atoms with Crippen molar-refractivity contribution in [3.8, 4) is 0 Å². The van der Waals surface area contributed by atoms with Gasteiger partial charge >= 0.3 is 0 Å². The summed E-state index contributed by atoms with van der Waals surface area (Å²) < 4.78 is 13.3. The van der Waals surface area contributed by atoms with Crippen LogP contribution in [0.3, 0.4) is 0 Å². The van der Waals surface area contributed by atoms with Crippen LogP contribution < -0.4 is 5.32 Å². The molecule has 0 saturated carbocycles. The van der Waals surface area contributed by atoms with Crippen LogP contribution in [-0.2, 0) is 0 Å². The van der Waals surface area contributed by atoms with E-state index in [9.17, 15) is 9.50 Å². The maximum Gasteiger partial charge on any atom is 0.141 e. The summed E-state index contributed by atoms with van der Waals surface area (Å²) >= 11 is 0. The number of hydrogen-bond acceptors (Lipinski definition) is 3. The molecular weight excluding hydrogens is 291 g/mol. The predicted octanol–water partition coefficient (Wildman–Crippen LogP) is 3.67. The number of aliphatic hydroxyl groups is 1. The molecule has 0 aliphatic rings. The Morgan fingerprint density at radius 2 is 1.87 bits per heavy atom. The SMILES string of the molecule is CC(NCC(c1ccccc1)C(C)(C)CO)c1cncc(F)c1. The maximum absolute atomic E-state index is 13.3. The van der Waals surface area contributed by atoms with Crippen LogP contribution in [0.5, 0.6) is 0 Å². The van der Waals surface area contributed by atoms with Crippen molar-refractivity contribution in [1.29, 1.82) is 0 Å². The van der Waals surface area contributed by atoms with E-state index in [0.29, 0.717) is 6.54 Å². The average Bonchev–Trinajstić information content (AvgIpc) is 2.55. The highest BCUT2D eigenvalue weighted by atomic mass is 19.1. The molecule has 0 bridgehead atoms. The van der Waals surface area contributed by atoms with E-state index in [1.165, 1.54) is 17.8 Å². The molecule has 0 amide bonds. The predicted molar refractivity (Wildman–Crippen MR) is 90.7 cm³/mol. The molecule has 2 rings (SSSR count). The van der Waals surface area contributed by atoms with Crippen molar-refractivity contribution >= 4 is 0 Å². The van der Waals surface area contributed by atoms with E-state index in [1.54, 1.807) is 6.20 Å². The second kappa shape index (κ2) is 7.66. The molecule has 0 radical (unpaired) electrons. The van der Waals surface area contributed by atoms with Gasteiger partial charge in [0.2, 0.25) is 0 Å². The van der Waals surface area contributed by atoms with Crippen LogP contribution in [0.2, 0.25) is 0 Å². The molecule has 3 nitrogen and oxygen atoms in total. The van der Waals surface area contributed by atoms with Gasteiger partial charge in [0.1, 0.15) is 5.82 Å². The van der Waals surface area contributed by atoms with Gasteiger partial charge in [-0.15, -0.1) is 0 Å². The van der Waals surface area contributed by atoms with Crippen LogP contribution >= 0.6 is 0 Å². The monoisotopic (exact) mass is 316 g/mol. The minimum atomic E-state index is -0.327. The summed E-state index contributed by atoms with van der Waals surface area (Å²) in [6.07, 6.45) is 2.88. The smallest absolute Gasteiger partial charge is 0.141 e. The number of hydrogen-bond donors (Lipinski definition) is 2. The third-order valence-corrected chi connectivity index (χ3v) is 4.41. The summed E-state index contributed by atoms with van der Waals surface area (Å²) in [6.45, 7) is 6.89. The molecule has 23 heavy (non-hydrogen) atoms. The lowest BCUT2D eigenvalue weighted by Crippen LogP contribution is -2.35. The van der Waals surface area contributed by atoms with E-state index in [0.717, 1.165) is 5.56 Å². The van der Waals surface area contributed by atoms with Crippen molar-refractivity contribution < 1.29 is 9.50 Å². The Balaban J connectivity index is 2.13. The first-order valence-corrected chi connectivity index (χ1v) is 7.93. The number of rotatable bonds is 7. The first-order chi connectivity index (χ1) is 10.9. The molecule has 0 aliphatic heterocycles. The lowest BCUT2D eigenvalue weighted by Gasteiger charge is -2.34. The molecule has 124 valence electrons. The lowest BCUT2D eigenvalue weighted by atomic mass is 9.75. The fourth-order valence-electron chi connectivity index (χ4n) is 2.72. The van der Waals surface area contributed by atoms with Gasteiger partial charge in [0.25, 0.3) is 0 Å². The van der Waals surface area contributed by atoms with Crippen LogP contribution in [0.1, 0.15) is 43.9 Å². The Hall–Kier alpha value is -1.78. The van der Waals surface area contributed by atoms with Gasteiger partial charge < -0.3 is 10.4 Å². The van der Waals surface area contributed by atoms with Crippen LogP contribution in [0.15, 0.2) is 48.8 Å². The Morgan fingerprint density at radius 3 is 2.48 bits per heavy atom. The number of nitrogens with one attached hydrogen (secondary N) is 1. The van der Waals surface area contributed by atoms with Crippen molar-refractivity contribution in [1.82, 2.24) is 10.3 Å². The first-order valence-electron chi connectivity index (χ1n) is 7.93. The van der Waals surface area contributed by atoms with Crippen molar-refractivity contribution in [3.05, 3.63) is 65.7 Å². The normalized spacial score (nSPS) is 14.5. The number of pyridine rings is 1. The summed E-state index contributed by atoms with van der Waals surface area (Å²) in [5, 5.41) is 13.2. The number of aromatic nitrogens is 1. The number of benzene rings is 1. The summed E-state index contributed by atoms with van der Waals surface area (Å²) in [5.74, 6) is -0.177. The van der Waals surface area contributed by atoms with E-state index in [4.69, 9.17) is 0 Å². The number of aliphatic hydroxyl groups excluding tert-OH is 1. The third-order valence-electron chi connectivity index (χ3n) is 4.41. The Labute approximate surface area is 137 Å². The second-order valence-corrected chi connectivity index (χ2v) is 6.68. The van der Waals surface area contributed by atoms with E-state index in [-0.39, 0.29) is 29.8 Å². The zero-order valence-corrected chi connectivity index (χ0v) is 14.0. The first kappa shape index (κ1) is 17.6. The van der Waals surface area contributed by atoms with Gasteiger partial charge in [0.15, 0.2) is 0 Å². The molecule has 0 fully saturated rings.